The molecule has 0 saturated heterocycles. The summed E-state index contributed by atoms with van der Waals surface area (Å²) in [6, 6.07) is 7.44. The summed E-state index contributed by atoms with van der Waals surface area (Å²) >= 11 is 0. The lowest BCUT2D eigenvalue weighted by molar-refractivity contribution is -0.137. The van der Waals surface area contributed by atoms with Gasteiger partial charge in [0.2, 0.25) is 0 Å². The highest BCUT2D eigenvalue weighted by Crippen LogP contribution is 2.37. The van der Waals surface area contributed by atoms with Crippen LogP contribution in [0.2, 0.25) is 0 Å². The summed E-state index contributed by atoms with van der Waals surface area (Å²) in [6.45, 7) is 0. The molecule has 0 saturated carbocycles. The van der Waals surface area contributed by atoms with E-state index in [1.54, 1.807) is 18.2 Å². The molecule has 33 heavy (non-hydrogen) atoms. The van der Waals surface area contributed by atoms with Crippen molar-refractivity contribution in [3.05, 3.63) is 69.0 Å². The van der Waals surface area contributed by atoms with Gasteiger partial charge in [0, 0.05) is 22.0 Å². The Morgan fingerprint density at radius 3 is 2.24 bits per heavy atom. The minimum absolute atomic E-state index is 0.281. The zero-order chi connectivity index (χ0) is 23.9. The van der Waals surface area contributed by atoms with Crippen LogP contribution in [0.5, 0.6) is 11.5 Å². The minimum atomic E-state index is -4.81. The summed E-state index contributed by atoms with van der Waals surface area (Å²) in [6.07, 6.45) is -3.21. The molecule has 1 aliphatic rings. The first-order chi connectivity index (χ1) is 15.6. The lowest BCUT2D eigenvalue weighted by Gasteiger charge is -2.17. The minimum Gasteiger partial charge on any atom is -0.561 e. The molecule has 0 aliphatic heterocycles. The molecule has 0 unspecified atom stereocenters. The van der Waals surface area contributed by atoms with E-state index >= 15 is 0 Å². The lowest BCUT2D eigenvalue weighted by atomic mass is 10.0. The van der Waals surface area contributed by atoms with Gasteiger partial charge in [-0.3, -0.25) is 4.79 Å². The van der Waals surface area contributed by atoms with Crippen molar-refractivity contribution in [2.75, 3.05) is 14.2 Å². The molecule has 0 spiro atoms. The van der Waals surface area contributed by atoms with Crippen molar-refractivity contribution in [2.45, 2.75) is 25.4 Å². The van der Waals surface area contributed by atoms with Crippen molar-refractivity contribution in [1.82, 2.24) is 9.78 Å². The first kappa shape index (κ1) is 22.4. The predicted octanol–water partition coefficient (Wildman–Crippen LogP) is 3.29. The van der Waals surface area contributed by atoms with Crippen LogP contribution < -0.4 is 15.0 Å². The van der Waals surface area contributed by atoms with Crippen molar-refractivity contribution in [3.8, 4) is 28.4 Å². The maximum absolute atomic E-state index is 13.8. The van der Waals surface area contributed by atoms with E-state index in [9.17, 15) is 22.8 Å². The van der Waals surface area contributed by atoms with Crippen LogP contribution in [-0.2, 0) is 19.0 Å². The largest absolute Gasteiger partial charge is 0.561 e. The van der Waals surface area contributed by atoms with Crippen LogP contribution in [-0.4, -0.2) is 35.1 Å². The number of ether oxygens (including phenoxy) is 2. The van der Waals surface area contributed by atoms with Gasteiger partial charge < -0.3 is 14.6 Å². The van der Waals surface area contributed by atoms with E-state index in [1.807, 2.05) is 0 Å². The number of fused-ring (bicyclic) bond motifs is 1. The Labute approximate surface area is 186 Å². The highest BCUT2D eigenvalue weighted by atomic mass is 19.4. The third-order valence-corrected chi connectivity index (χ3v) is 5.57. The molecule has 172 valence electrons. The second-order valence-electron chi connectivity index (χ2n) is 7.54. The molecule has 3 aromatic rings. The molecule has 1 aliphatic carbocycles. The van der Waals surface area contributed by atoms with Gasteiger partial charge in [0.05, 0.1) is 31.2 Å². The molecule has 0 fully saturated rings. The second-order valence-corrected chi connectivity index (χ2v) is 7.54. The number of alkyl halides is 3. The molecule has 4 rings (SSSR count). The number of carbonyl (C=O) groups excluding carboxylic acids is 1. The quantitative estimate of drug-likeness (QED) is 0.544. The topological polar surface area (TPSA) is 93.3 Å². The number of rotatable bonds is 5. The fraction of sp³-hybridized carbons (Fsp3) is 0.261. The zero-order valence-electron chi connectivity index (χ0n) is 17.7. The highest BCUT2D eigenvalue weighted by Gasteiger charge is 2.36. The number of halogens is 3. The van der Waals surface area contributed by atoms with Gasteiger partial charge in [0.25, 0.3) is 5.56 Å². The van der Waals surface area contributed by atoms with Gasteiger partial charge >= 0.3 is 12.1 Å². The van der Waals surface area contributed by atoms with Gasteiger partial charge in [-0.2, -0.15) is 23.0 Å². The number of hydrogen-bond donors (Lipinski definition) is 0. The Bertz CT molecular complexity index is 1290. The summed E-state index contributed by atoms with van der Waals surface area (Å²) in [5.74, 6) is -0.265. The predicted molar refractivity (Wildman–Crippen MR) is 113 cm³/mol. The zero-order valence-corrected chi connectivity index (χ0v) is 17.7. The van der Waals surface area contributed by atoms with Gasteiger partial charge in [-0.15, -0.1) is 0 Å². The highest BCUT2D eigenvalue weighted by molar-refractivity contribution is 5.88. The monoisotopic (exact) mass is 461 g/mol. The molecule has 10 heteroatoms. The maximum atomic E-state index is 13.8. The summed E-state index contributed by atoms with van der Waals surface area (Å²) < 4.78 is 52.6. The van der Waals surface area contributed by atoms with Crippen LogP contribution in [0, 0.1) is 0 Å². The van der Waals surface area contributed by atoms with Crippen LogP contribution in [0.25, 0.3) is 16.9 Å². The molecule has 1 aromatic heterocycles. The Kier molecular flexibility index (Phi) is 5.61. The first-order valence-electron chi connectivity index (χ1n) is 10.00. The smallest absolute Gasteiger partial charge is 0.549 e. The summed E-state index contributed by atoms with van der Waals surface area (Å²) in [7, 11) is 2.94. The van der Waals surface area contributed by atoms with Crippen molar-refractivity contribution >= 4 is 5.97 Å². The molecule has 2 N–H and O–H groups in total. The molecular weight excluding hydrogens is 441 g/mol. The number of methoxy groups -OCH3 is 2. The van der Waals surface area contributed by atoms with Gasteiger partial charge in [-0.05, 0) is 55.2 Å². The fourth-order valence-corrected chi connectivity index (χ4v) is 4.00. The number of hydrogen-bond acceptors (Lipinski definition) is 5. The molecule has 7 nitrogen and oxygen atoms in total. The van der Waals surface area contributed by atoms with Crippen LogP contribution in [0.15, 0.2) is 41.2 Å². The van der Waals surface area contributed by atoms with Crippen LogP contribution in [0.3, 0.4) is 0 Å². The molecule has 0 amide bonds. The third-order valence-electron chi connectivity index (χ3n) is 5.57. The second kappa shape index (κ2) is 8.27. The Morgan fingerprint density at radius 1 is 1.03 bits per heavy atom. The molecule has 0 bridgehead atoms. The van der Waals surface area contributed by atoms with Gasteiger partial charge in [-0.1, -0.05) is 0 Å². The van der Waals surface area contributed by atoms with Crippen molar-refractivity contribution in [3.63, 3.8) is 0 Å². The van der Waals surface area contributed by atoms with E-state index in [1.165, 1.54) is 14.2 Å². The SMILES string of the molecule is COc1cc(OC)cc(-c2nn(-c3cc(C(=O)[OH2+])ccc3C(F)(F)F)c(=O)c3c2CCC3)c1. The fourth-order valence-electron chi connectivity index (χ4n) is 4.00. The van der Waals surface area contributed by atoms with Crippen LogP contribution in [0.1, 0.15) is 33.5 Å². The van der Waals surface area contributed by atoms with Crippen molar-refractivity contribution < 1.29 is 32.5 Å². The number of nitrogens with zero attached hydrogens (tertiary/aromatic N) is 2. The normalized spacial score (nSPS) is 13.0. The number of carbonyl (C=O) groups is 1. The van der Waals surface area contributed by atoms with E-state index in [0.717, 1.165) is 12.1 Å². The van der Waals surface area contributed by atoms with Crippen molar-refractivity contribution in [2.24, 2.45) is 0 Å². The molecule has 1 heterocycles. The number of benzene rings is 2. The van der Waals surface area contributed by atoms with Gasteiger partial charge in [0.1, 0.15) is 17.1 Å². The Hall–Kier alpha value is -3.82. The average molecular weight is 461 g/mol. The van der Waals surface area contributed by atoms with Crippen LogP contribution in [0.4, 0.5) is 13.2 Å². The average Bonchev–Trinajstić information content (AvgIpc) is 3.28. The van der Waals surface area contributed by atoms with E-state index in [-0.39, 0.29) is 5.56 Å². The molecular formula is C23H20F3N2O5+. The first-order valence-corrected chi connectivity index (χ1v) is 10.00. The van der Waals surface area contributed by atoms with E-state index < -0.39 is 29.0 Å². The van der Waals surface area contributed by atoms with Gasteiger partial charge in [0.15, 0.2) is 0 Å². The maximum Gasteiger partial charge on any atom is 0.549 e. The van der Waals surface area contributed by atoms with E-state index in [2.05, 4.69) is 5.10 Å². The van der Waals surface area contributed by atoms with Crippen molar-refractivity contribution in [1.29, 1.82) is 0 Å². The van der Waals surface area contributed by atoms with Gasteiger partial charge in [-0.25, -0.2) is 0 Å². The molecule has 2 aromatic carbocycles. The molecule has 0 atom stereocenters. The van der Waals surface area contributed by atoms with E-state index in [0.29, 0.717) is 63.9 Å². The Morgan fingerprint density at radius 2 is 1.67 bits per heavy atom. The summed E-state index contributed by atoms with van der Waals surface area (Å²) in [4.78, 5) is 24.7. The summed E-state index contributed by atoms with van der Waals surface area (Å²) in [5.41, 5.74) is -0.816. The molecule has 0 radical (unpaired) electrons. The van der Waals surface area contributed by atoms with E-state index in [4.69, 9.17) is 14.6 Å². The lowest BCUT2D eigenvalue weighted by Crippen LogP contribution is -2.28. The number of aromatic nitrogens is 2. The Balaban J connectivity index is 2.05. The van der Waals surface area contributed by atoms with Crippen LogP contribution >= 0.6 is 0 Å². The summed E-state index contributed by atoms with van der Waals surface area (Å²) in [5, 5.41) is 11.6. The third kappa shape index (κ3) is 4.04. The standard InChI is InChI=1S/C23H19F3N2O5/c1-32-14-8-13(9-15(11-14)33-2)20-16-4-3-5-17(16)21(29)28(27-20)19-10-12(22(30)31)6-7-18(19)23(24,25)26/h6-11H,3-5H2,1-2H3,(H,30,31)/p+1.